The molecule has 2 aliphatic heterocycles. The normalized spacial score (nSPS) is 18.3. The number of nitrogens with zero attached hydrogens (tertiary/aromatic N) is 2. The highest BCUT2D eigenvalue weighted by atomic mass is 16.2. The van der Waals surface area contributed by atoms with Crippen LogP contribution in [0.2, 0.25) is 0 Å². The van der Waals surface area contributed by atoms with Crippen molar-refractivity contribution < 1.29 is 19.2 Å². The van der Waals surface area contributed by atoms with E-state index in [4.69, 9.17) is 11.5 Å². The number of likely N-dealkylation sites (tertiary alicyclic amines) is 2. The summed E-state index contributed by atoms with van der Waals surface area (Å²) in [5, 5.41) is 6.04. The molecule has 10 heteroatoms. The second-order valence-electron chi connectivity index (χ2n) is 16.1. The third-order valence-electron chi connectivity index (χ3n) is 11.8. The molecule has 2 saturated heterocycles. The van der Waals surface area contributed by atoms with Gasteiger partial charge < -0.3 is 31.9 Å². The lowest BCUT2D eigenvalue weighted by Crippen LogP contribution is -2.46. The molecule has 2 unspecified atom stereocenters. The molecule has 2 atom stereocenters. The second kappa shape index (κ2) is 26.2. The Hall–Kier alpha value is -3.76. The monoisotopic (exact) mass is 773 g/mol. The van der Waals surface area contributed by atoms with Gasteiger partial charge in [-0.05, 0) is 99.9 Å². The van der Waals surface area contributed by atoms with Crippen molar-refractivity contribution in [2.45, 2.75) is 147 Å². The van der Waals surface area contributed by atoms with Crippen LogP contribution >= 0.6 is 0 Å². The minimum atomic E-state index is -0.329. The van der Waals surface area contributed by atoms with E-state index in [1.807, 2.05) is 35.2 Å². The maximum Gasteiger partial charge on any atom is 0.242 e. The minimum Gasteiger partial charge on any atom is -0.354 e. The van der Waals surface area contributed by atoms with E-state index < -0.39 is 0 Å². The fraction of sp³-hybridized carbons (Fsp3) is 0.652. The molecule has 1 saturated carbocycles. The summed E-state index contributed by atoms with van der Waals surface area (Å²) in [6.07, 6.45) is 21.7. The molecule has 56 heavy (non-hydrogen) atoms. The van der Waals surface area contributed by atoms with E-state index in [-0.39, 0.29) is 35.7 Å². The maximum absolute atomic E-state index is 12.9. The lowest BCUT2D eigenvalue weighted by Gasteiger charge is -2.25. The summed E-state index contributed by atoms with van der Waals surface area (Å²) in [5.41, 5.74) is 14.3. The van der Waals surface area contributed by atoms with Crippen molar-refractivity contribution in [1.82, 2.24) is 20.4 Å². The number of carbonyl (C=O) groups excluding carboxylic acids is 4. The van der Waals surface area contributed by atoms with Gasteiger partial charge in [0.05, 0.1) is 6.42 Å². The van der Waals surface area contributed by atoms with Gasteiger partial charge in [0.25, 0.3) is 0 Å². The number of benzene rings is 2. The number of unbranched alkanes of at least 4 members (excludes halogenated alkanes) is 6. The minimum absolute atomic E-state index is 0.0147. The fourth-order valence-electron chi connectivity index (χ4n) is 8.46. The topological polar surface area (TPSA) is 151 Å². The van der Waals surface area contributed by atoms with Gasteiger partial charge in [0.15, 0.2) is 0 Å². The standard InChI is InChI=1S/C25H33N3O2.C21H39N3O2/c26-16-6-1-2-7-17-27-25(30)23-11-8-18-28(23)24(29)19-20-12-14-22(15-13-20)21-9-4-3-5-10-21;22-15-6-1-2-7-16-23-21(26)19-13-9-17-24(19)20(25)14-8-12-18-10-4-3-5-11-18/h3-5,9-10,12-15,23H,1-2,6-8,11,16-19,26H2,(H,27,30);18-19H,1-17,22H2,(H,23,26). The molecule has 5 rings (SSSR count). The first-order valence-corrected chi connectivity index (χ1v) is 22.1. The largest absolute Gasteiger partial charge is 0.354 e. The first-order valence-electron chi connectivity index (χ1n) is 22.1. The molecule has 6 N–H and O–H groups in total. The van der Waals surface area contributed by atoms with Crippen LogP contribution in [0.5, 0.6) is 0 Å². The van der Waals surface area contributed by atoms with Crippen LogP contribution in [0.4, 0.5) is 0 Å². The highest BCUT2D eigenvalue weighted by molar-refractivity contribution is 5.89. The summed E-state index contributed by atoms with van der Waals surface area (Å²) in [6, 6.07) is 17.7. The van der Waals surface area contributed by atoms with Crippen LogP contribution in [0.1, 0.15) is 134 Å². The molecule has 3 fully saturated rings. The number of nitrogens with one attached hydrogen (secondary N) is 2. The maximum atomic E-state index is 12.9. The van der Waals surface area contributed by atoms with Crippen molar-refractivity contribution >= 4 is 23.6 Å². The Bertz CT molecular complexity index is 1430. The molecule has 0 radical (unpaired) electrons. The van der Waals surface area contributed by atoms with Crippen LogP contribution < -0.4 is 22.1 Å². The van der Waals surface area contributed by atoms with Gasteiger partial charge in [-0.1, -0.05) is 112 Å². The zero-order chi connectivity index (χ0) is 39.8. The van der Waals surface area contributed by atoms with E-state index in [0.29, 0.717) is 32.5 Å². The van der Waals surface area contributed by atoms with Gasteiger partial charge in [0.1, 0.15) is 12.1 Å². The SMILES string of the molecule is NCCCCCCNC(=O)C1CCCN1C(=O)CCCC1CCCCC1.NCCCCCCNC(=O)C1CCCN1C(=O)Cc1ccc(-c2ccccc2)cc1. The van der Waals surface area contributed by atoms with Crippen LogP contribution in [0.3, 0.4) is 0 Å². The number of amides is 4. The van der Waals surface area contributed by atoms with Crippen molar-refractivity contribution in [1.29, 1.82) is 0 Å². The number of nitrogens with two attached hydrogens (primary N) is 2. The molecule has 2 aromatic carbocycles. The molecule has 2 aromatic rings. The highest BCUT2D eigenvalue weighted by Gasteiger charge is 2.34. The van der Waals surface area contributed by atoms with E-state index in [0.717, 1.165) is 126 Å². The van der Waals surface area contributed by atoms with Crippen LogP contribution in [0.25, 0.3) is 11.1 Å². The average molecular weight is 773 g/mol. The number of carbonyl (C=O) groups is 4. The summed E-state index contributed by atoms with van der Waals surface area (Å²) in [7, 11) is 0. The Balaban J connectivity index is 0.000000251. The summed E-state index contributed by atoms with van der Waals surface area (Å²) >= 11 is 0. The molecule has 1 aliphatic carbocycles. The van der Waals surface area contributed by atoms with Gasteiger partial charge >= 0.3 is 0 Å². The van der Waals surface area contributed by atoms with Crippen LogP contribution in [-0.4, -0.2) is 84.8 Å². The first kappa shape index (κ1) is 44.9. The summed E-state index contributed by atoms with van der Waals surface area (Å²) in [5.74, 6) is 1.07. The summed E-state index contributed by atoms with van der Waals surface area (Å²) in [6.45, 7) is 4.26. The Kier molecular flexibility index (Phi) is 21.0. The molecule has 310 valence electrons. The molecule has 0 bridgehead atoms. The molecule has 3 aliphatic rings. The third kappa shape index (κ3) is 15.6. The summed E-state index contributed by atoms with van der Waals surface area (Å²) in [4.78, 5) is 54.1. The van der Waals surface area contributed by atoms with Crippen molar-refractivity contribution in [2.24, 2.45) is 17.4 Å². The van der Waals surface area contributed by atoms with Gasteiger partial charge in [0.2, 0.25) is 23.6 Å². The first-order chi connectivity index (χ1) is 27.4. The van der Waals surface area contributed by atoms with Crippen LogP contribution in [0, 0.1) is 5.92 Å². The Morgan fingerprint density at radius 1 is 0.554 bits per heavy atom. The van der Waals surface area contributed by atoms with Crippen molar-refractivity contribution in [3.63, 3.8) is 0 Å². The molecule has 0 aromatic heterocycles. The lowest BCUT2D eigenvalue weighted by molar-refractivity contribution is -0.138. The molecule has 10 nitrogen and oxygen atoms in total. The van der Waals surface area contributed by atoms with E-state index in [2.05, 4.69) is 34.9 Å². The summed E-state index contributed by atoms with van der Waals surface area (Å²) < 4.78 is 0. The van der Waals surface area contributed by atoms with Gasteiger partial charge in [0, 0.05) is 32.6 Å². The molecular formula is C46H72N6O4. The molecule has 2 heterocycles. The van der Waals surface area contributed by atoms with Gasteiger partial charge in [-0.25, -0.2) is 0 Å². The number of hydrogen-bond acceptors (Lipinski definition) is 6. The molecule has 4 amide bonds. The van der Waals surface area contributed by atoms with Crippen molar-refractivity contribution in [3.05, 3.63) is 60.2 Å². The van der Waals surface area contributed by atoms with Crippen LogP contribution in [0.15, 0.2) is 54.6 Å². The average Bonchev–Trinajstić information content (AvgIpc) is 3.93. The Morgan fingerprint density at radius 2 is 1.07 bits per heavy atom. The van der Waals surface area contributed by atoms with Gasteiger partial charge in [-0.2, -0.15) is 0 Å². The quantitative estimate of drug-likeness (QED) is 0.102. The number of hydrogen-bond donors (Lipinski definition) is 4. The lowest BCUT2D eigenvalue weighted by atomic mass is 9.86. The predicted octanol–water partition coefficient (Wildman–Crippen LogP) is 6.89. The van der Waals surface area contributed by atoms with Crippen molar-refractivity contribution in [2.75, 3.05) is 39.3 Å². The molecule has 0 spiro atoms. The van der Waals surface area contributed by atoms with E-state index >= 15 is 0 Å². The van der Waals surface area contributed by atoms with Gasteiger partial charge in [-0.15, -0.1) is 0 Å². The van der Waals surface area contributed by atoms with Crippen molar-refractivity contribution in [3.8, 4) is 11.1 Å². The third-order valence-corrected chi connectivity index (χ3v) is 11.8. The number of rotatable bonds is 21. The van der Waals surface area contributed by atoms with E-state index in [1.165, 1.54) is 38.5 Å². The smallest absolute Gasteiger partial charge is 0.242 e. The predicted molar refractivity (Wildman–Crippen MR) is 227 cm³/mol. The Labute approximate surface area is 337 Å². The second-order valence-corrected chi connectivity index (χ2v) is 16.1. The van der Waals surface area contributed by atoms with Gasteiger partial charge in [-0.3, -0.25) is 19.2 Å². The molecular weight excluding hydrogens is 701 g/mol. The zero-order valence-corrected chi connectivity index (χ0v) is 34.2. The van der Waals surface area contributed by atoms with E-state index in [1.54, 1.807) is 4.90 Å². The fourth-order valence-corrected chi connectivity index (χ4v) is 8.46. The van der Waals surface area contributed by atoms with E-state index in [9.17, 15) is 19.2 Å². The highest BCUT2D eigenvalue weighted by Crippen LogP contribution is 2.28. The Morgan fingerprint density at radius 3 is 1.62 bits per heavy atom. The van der Waals surface area contributed by atoms with Crippen LogP contribution in [-0.2, 0) is 25.6 Å². The zero-order valence-electron chi connectivity index (χ0n) is 34.2.